The second kappa shape index (κ2) is 12.5. The largest absolute Gasteiger partial charge is 0.310 e. The molecule has 3 heteroatoms. The summed E-state index contributed by atoms with van der Waals surface area (Å²) in [5.74, 6) is 0. The molecule has 2 aliphatic rings. The summed E-state index contributed by atoms with van der Waals surface area (Å²) in [7, 11) is 0. The van der Waals surface area contributed by atoms with E-state index in [1.54, 1.807) is 0 Å². The molecule has 1 unspecified atom stereocenters. The molecule has 0 N–H and O–H groups in total. The summed E-state index contributed by atoms with van der Waals surface area (Å²) in [6, 6.07) is 75.1. The van der Waals surface area contributed by atoms with Gasteiger partial charge in [-0.05, 0) is 95.1 Å². The molecule has 0 aromatic heterocycles. The minimum absolute atomic E-state index is 0.587. The third kappa shape index (κ3) is 4.60. The minimum atomic E-state index is -0.587. The van der Waals surface area contributed by atoms with Crippen LogP contribution in [0.25, 0.3) is 11.1 Å². The number of hydrogen-bond donors (Lipinski definition) is 0. The molecule has 0 saturated heterocycles. The second-order valence-corrected chi connectivity index (χ2v) is 14.3. The molecule has 1 spiro atoms. The predicted molar refractivity (Wildman–Crippen MR) is 217 cm³/mol. The maximum absolute atomic E-state index is 2.44. The van der Waals surface area contributed by atoms with Gasteiger partial charge in [0.05, 0.1) is 16.8 Å². The van der Waals surface area contributed by atoms with Crippen LogP contribution in [0.15, 0.2) is 216 Å². The van der Waals surface area contributed by atoms with E-state index < -0.39 is 5.41 Å². The van der Waals surface area contributed by atoms with Gasteiger partial charge in [0.15, 0.2) is 0 Å². The van der Waals surface area contributed by atoms with Gasteiger partial charge in [-0.2, -0.15) is 0 Å². The Bertz CT molecular complexity index is 2470. The van der Waals surface area contributed by atoms with E-state index in [4.69, 9.17) is 0 Å². The van der Waals surface area contributed by atoms with Crippen LogP contribution >= 0.6 is 11.8 Å². The van der Waals surface area contributed by atoms with E-state index in [1.165, 1.54) is 48.9 Å². The Kier molecular flexibility index (Phi) is 7.33. The quantitative estimate of drug-likeness (QED) is 0.172. The SMILES string of the molecule is c1ccc(N(c2ccccc2)c2cccc3c2-c2ccccc2C32c3ccccc3Sc3cccc(N(c4ccccc4)c4ccccc4)c32)cc1. The fourth-order valence-corrected chi connectivity index (χ4v) is 9.72. The third-order valence-corrected chi connectivity index (χ3v) is 11.6. The zero-order chi connectivity index (χ0) is 34.5. The summed E-state index contributed by atoms with van der Waals surface area (Å²) in [6.45, 7) is 0. The summed E-state index contributed by atoms with van der Waals surface area (Å²) >= 11 is 1.88. The first-order valence-electron chi connectivity index (χ1n) is 17.8. The summed E-state index contributed by atoms with van der Waals surface area (Å²) in [5.41, 5.74) is 14.0. The molecule has 1 atom stereocenters. The fourth-order valence-electron chi connectivity index (χ4n) is 8.50. The first-order chi connectivity index (χ1) is 25.8. The molecule has 0 fully saturated rings. The number of benzene rings is 8. The molecule has 246 valence electrons. The molecule has 10 rings (SSSR count). The Hall–Kier alpha value is -6.29. The lowest BCUT2D eigenvalue weighted by Gasteiger charge is -2.43. The smallest absolute Gasteiger partial charge is 0.0756 e. The average molecular weight is 683 g/mol. The molecule has 0 bridgehead atoms. The first-order valence-corrected chi connectivity index (χ1v) is 18.6. The van der Waals surface area contributed by atoms with Crippen molar-refractivity contribution in [1.29, 1.82) is 0 Å². The molecule has 0 saturated carbocycles. The number of rotatable bonds is 6. The van der Waals surface area contributed by atoms with E-state index in [1.807, 2.05) is 11.8 Å². The molecule has 1 aliphatic heterocycles. The van der Waals surface area contributed by atoms with Crippen LogP contribution in [0.3, 0.4) is 0 Å². The van der Waals surface area contributed by atoms with Crippen LogP contribution in [0.2, 0.25) is 0 Å². The van der Waals surface area contributed by atoms with Crippen LogP contribution in [-0.4, -0.2) is 0 Å². The highest BCUT2D eigenvalue weighted by atomic mass is 32.2. The van der Waals surface area contributed by atoms with Crippen LogP contribution in [0.5, 0.6) is 0 Å². The highest BCUT2D eigenvalue weighted by Crippen LogP contribution is 2.66. The van der Waals surface area contributed by atoms with E-state index in [-0.39, 0.29) is 0 Å². The molecule has 1 aliphatic carbocycles. The van der Waals surface area contributed by atoms with Crippen LogP contribution in [0.4, 0.5) is 34.1 Å². The van der Waals surface area contributed by atoms with E-state index in [2.05, 4.69) is 216 Å². The van der Waals surface area contributed by atoms with Gasteiger partial charge < -0.3 is 9.80 Å². The van der Waals surface area contributed by atoms with Gasteiger partial charge in [-0.3, -0.25) is 0 Å². The first kappa shape index (κ1) is 30.5. The number of para-hydroxylation sites is 4. The Morgan fingerprint density at radius 3 is 1.35 bits per heavy atom. The third-order valence-electron chi connectivity index (χ3n) is 10.5. The van der Waals surface area contributed by atoms with E-state index in [9.17, 15) is 0 Å². The fraction of sp³-hybridized carbons (Fsp3) is 0.0204. The van der Waals surface area contributed by atoms with Crippen LogP contribution in [-0.2, 0) is 5.41 Å². The molecule has 8 aromatic rings. The van der Waals surface area contributed by atoms with E-state index in [0.29, 0.717) is 0 Å². The van der Waals surface area contributed by atoms with Crippen molar-refractivity contribution in [3.8, 4) is 11.1 Å². The van der Waals surface area contributed by atoms with Crippen molar-refractivity contribution >= 4 is 45.9 Å². The molecule has 1 heterocycles. The van der Waals surface area contributed by atoms with Gasteiger partial charge in [0.2, 0.25) is 0 Å². The maximum atomic E-state index is 2.44. The standard InChI is InChI=1S/C49H34N2S/c1-5-19-35(20-6-1)50(36-21-7-2-8-22-36)43-31-17-30-42-47(43)39-27-13-14-28-40(39)49(42)41-29-15-16-33-45(41)52-46-34-18-32-44(48(46)49)51(37-23-9-3-10-24-37)38-25-11-4-12-26-38/h1-34H. The van der Waals surface area contributed by atoms with Gasteiger partial charge in [0, 0.05) is 43.7 Å². The Morgan fingerprint density at radius 2 is 0.750 bits per heavy atom. The van der Waals surface area contributed by atoms with Crippen molar-refractivity contribution in [2.45, 2.75) is 15.2 Å². The normalized spacial score (nSPS) is 14.9. The lowest BCUT2D eigenvalue weighted by molar-refractivity contribution is 0.722. The second-order valence-electron chi connectivity index (χ2n) is 13.3. The van der Waals surface area contributed by atoms with Crippen molar-refractivity contribution in [2.24, 2.45) is 0 Å². The summed E-state index contributed by atoms with van der Waals surface area (Å²) in [6.07, 6.45) is 0. The number of fused-ring (bicyclic) bond motifs is 9. The van der Waals surface area contributed by atoms with Gasteiger partial charge >= 0.3 is 0 Å². The summed E-state index contributed by atoms with van der Waals surface area (Å²) in [5, 5.41) is 0. The van der Waals surface area contributed by atoms with Crippen LogP contribution in [0, 0.1) is 0 Å². The number of anilines is 6. The lowest BCUT2D eigenvalue weighted by atomic mass is 9.66. The van der Waals surface area contributed by atoms with E-state index in [0.717, 1.165) is 28.4 Å². The molecule has 0 amide bonds. The zero-order valence-electron chi connectivity index (χ0n) is 28.4. The maximum Gasteiger partial charge on any atom is 0.0756 e. The van der Waals surface area contributed by atoms with Gasteiger partial charge in [-0.25, -0.2) is 0 Å². The molecule has 2 nitrogen and oxygen atoms in total. The van der Waals surface area contributed by atoms with Gasteiger partial charge in [-0.1, -0.05) is 145 Å². The van der Waals surface area contributed by atoms with Crippen molar-refractivity contribution in [2.75, 3.05) is 9.80 Å². The van der Waals surface area contributed by atoms with Gasteiger partial charge in [-0.15, -0.1) is 0 Å². The Balaban J connectivity index is 1.34. The van der Waals surface area contributed by atoms with Gasteiger partial charge in [0.1, 0.15) is 0 Å². The Morgan fingerprint density at radius 1 is 0.327 bits per heavy atom. The van der Waals surface area contributed by atoms with E-state index >= 15 is 0 Å². The van der Waals surface area contributed by atoms with Crippen molar-refractivity contribution < 1.29 is 0 Å². The minimum Gasteiger partial charge on any atom is -0.310 e. The number of nitrogens with zero attached hydrogens (tertiary/aromatic N) is 2. The Labute approximate surface area is 309 Å². The number of hydrogen-bond acceptors (Lipinski definition) is 3. The molecule has 52 heavy (non-hydrogen) atoms. The monoisotopic (exact) mass is 682 g/mol. The zero-order valence-corrected chi connectivity index (χ0v) is 29.2. The summed E-state index contributed by atoms with van der Waals surface area (Å²) in [4.78, 5) is 7.42. The van der Waals surface area contributed by atoms with Crippen LogP contribution in [0.1, 0.15) is 22.3 Å². The lowest BCUT2D eigenvalue weighted by Crippen LogP contribution is -2.34. The molecular weight excluding hydrogens is 649 g/mol. The highest BCUT2D eigenvalue weighted by Gasteiger charge is 2.52. The topological polar surface area (TPSA) is 6.48 Å². The van der Waals surface area contributed by atoms with Crippen molar-refractivity contribution in [1.82, 2.24) is 0 Å². The molecular formula is C49H34N2S. The highest BCUT2D eigenvalue weighted by molar-refractivity contribution is 7.99. The molecule has 8 aromatic carbocycles. The molecule has 0 radical (unpaired) electrons. The van der Waals surface area contributed by atoms with Crippen molar-refractivity contribution in [3.63, 3.8) is 0 Å². The predicted octanol–water partition coefficient (Wildman–Crippen LogP) is 13.5. The van der Waals surface area contributed by atoms with Crippen molar-refractivity contribution in [3.05, 3.63) is 229 Å². The average Bonchev–Trinajstić information content (AvgIpc) is 3.51. The summed E-state index contributed by atoms with van der Waals surface area (Å²) < 4.78 is 0. The van der Waals surface area contributed by atoms with Gasteiger partial charge in [0.25, 0.3) is 0 Å². The van der Waals surface area contributed by atoms with Crippen LogP contribution < -0.4 is 9.80 Å².